The molecule has 0 saturated carbocycles. The monoisotopic (exact) mass is 260 g/mol. The van der Waals surface area contributed by atoms with Crippen molar-refractivity contribution in [3.63, 3.8) is 0 Å². The largest absolute Gasteiger partial charge is 0.349 e. The second kappa shape index (κ2) is 5.14. The fraction of sp³-hybridized carbons (Fsp3) is 0.286. The fourth-order valence-electron chi connectivity index (χ4n) is 1.90. The second-order valence-corrected chi connectivity index (χ2v) is 4.54. The summed E-state index contributed by atoms with van der Waals surface area (Å²) in [5, 5.41) is 0.916. The Morgan fingerprint density at radius 2 is 2.00 bits per heavy atom. The zero-order valence-corrected chi connectivity index (χ0v) is 11.2. The fourth-order valence-corrected chi connectivity index (χ4v) is 1.90. The van der Waals surface area contributed by atoms with Crippen molar-refractivity contribution in [3.8, 4) is 0 Å². The number of likely N-dealkylation sites (N-methyl/N-ethyl adjacent to an activating group) is 1. The third-order valence-electron chi connectivity index (χ3n) is 2.85. The Balaban J connectivity index is 2.39. The molecule has 1 heterocycles. The first-order valence-electron chi connectivity index (χ1n) is 5.97. The Kier molecular flexibility index (Phi) is 3.55. The number of fused-ring (bicyclic) bond motifs is 1. The van der Waals surface area contributed by atoms with Crippen LogP contribution in [0, 0.1) is 0 Å². The number of aromatic nitrogens is 1. The van der Waals surface area contributed by atoms with Gasteiger partial charge in [0.2, 0.25) is 5.91 Å². The van der Waals surface area contributed by atoms with Crippen molar-refractivity contribution in [2.45, 2.75) is 13.3 Å². The molecule has 2 rings (SSSR count). The van der Waals surface area contributed by atoms with Crippen molar-refractivity contribution in [2.24, 2.45) is 0 Å². The van der Waals surface area contributed by atoms with Crippen molar-refractivity contribution in [3.05, 3.63) is 36.0 Å². The van der Waals surface area contributed by atoms with E-state index in [4.69, 9.17) is 4.84 Å². The van der Waals surface area contributed by atoms with Gasteiger partial charge in [0.05, 0.1) is 11.9 Å². The molecule has 5 heteroatoms. The smallest absolute Gasteiger partial charge is 0.329 e. The minimum Gasteiger partial charge on any atom is -0.349 e. The Labute approximate surface area is 111 Å². The van der Waals surface area contributed by atoms with E-state index in [9.17, 15) is 9.59 Å². The summed E-state index contributed by atoms with van der Waals surface area (Å²) >= 11 is 0. The van der Waals surface area contributed by atoms with Crippen LogP contribution in [0.2, 0.25) is 0 Å². The van der Waals surface area contributed by atoms with Gasteiger partial charge in [-0.3, -0.25) is 4.79 Å². The average molecular weight is 260 g/mol. The van der Waals surface area contributed by atoms with Gasteiger partial charge >= 0.3 is 5.97 Å². The van der Waals surface area contributed by atoms with Crippen LogP contribution in [-0.2, 0) is 16.0 Å². The molecule has 1 aromatic carbocycles. The topological polar surface area (TPSA) is 51.5 Å². The van der Waals surface area contributed by atoms with Crippen molar-refractivity contribution in [1.82, 2.24) is 9.63 Å². The Bertz CT molecular complexity index is 629. The molecule has 5 nitrogen and oxygen atoms in total. The molecule has 0 N–H and O–H groups in total. The number of benzene rings is 1. The van der Waals surface area contributed by atoms with Crippen LogP contribution in [0.25, 0.3) is 10.9 Å². The summed E-state index contributed by atoms with van der Waals surface area (Å²) in [5.41, 5.74) is 1.70. The van der Waals surface area contributed by atoms with E-state index in [0.29, 0.717) is 6.42 Å². The van der Waals surface area contributed by atoms with Crippen molar-refractivity contribution in [2.75, 3.05) is 14.1 Å². The molecule has 0 unspecified atom stereocenters. The Morgan fingerprint density at radius 3 is 2.63 bits per heavy atom. The molecule has 100 valence electrons. The lowest BCUT2D eigenvalue weighted by Crippen LogP contribution is -2.23. The summed E-state index contributed by atoms with van der Waals surface area (Å²) < 4.78 is 1.42. The van der Waals surface area contributed by atoms with Gasteiger partial charge < -0.3 is 9.74 Å². The molecule has 0 spiro atoms. The predicted octanol–water partition coefficient (Wildman–Crippen LogP) is 1.25. The van der Waals surface area contributed by atoms with Gasteiger partial charge in [-0.2, -0.15) is 4.73 Å². The molecule has 1 aromatic heterocycles. The molecule has 0 aliphatic rings. The van der Waals surface area contributed by atoms with E-state index in [0.717, 1.165) is 16.5 Å². The third-order valence-corrected chi connectivity index (χ3v) is 2.85. The van der Waals surface area contributed by atoms with Crippen molar-refractivity contribution < 1.29 is 14.4 Å². The van der Waals surface area contributed by atoms with Crippen molar-refractivity contribution in [1.29, 1.82) is 0 Å². The molecule has 0 bridgehead atoms. The van der Waals surface area contributed by atoms with E-state index < -0.39 is 0 Å². The second-order valence-electron chi connectivity index (χ2n) is 4.54. The van der Waals surface area contributed by atoms with Crippen LogP contribution in [0.1, 0.15) is 12.5 Å². The van der Waals surface area contributed by atoms with Gasteiger partial charge in [-0.05, 0) is 17.7 Å². The maximum atomic E-state index is 11.8. The first kappa shape index (κ1) is 13.1. The quantitative estimate of drug-likeness (QED) is 0.834. The SMILES string of the molecule is CC(=O)On1ccc2c(CC(=O)N(C)C)cccc21. The molecule has 19 heavy (non-hydrogen) atoms. The minimum absolute atomic E-state index is 0.0349. The van der Waals surface area contributed by atoms with Gasteiger partial charge in [-0.15, -0.1) is 0 Å². The van der Waals surface area contributed by atoms with E-state index in [2.05, 4.69) is 0 Å². The normalized spacial score (nSPS) is 10.5. The molecule has 0 radical (unpaired) electrons. The lowest BCUT2D eigenvalue weighted by molar-refractivity contribution is -0.141. The van der Waals surface area contributed by atoms with Crippen molar-refractivity contribution >= 4 is 22.8 Å². The van der Waals surface area contributed by atoms with Gasteiger partial charge in [-0.25, -0.2) is 4.79 Å². The zero-order valence-electron chi connectivity index (χ0n) is 11.2. The van der Waals surface area contributed by atoms with Crippen LogP contribution in [0.4, 0.5) is 0 Å². The summed E-state index contributed by atoms with van der Waals surface area (Å²) in [7, 11) is 3.46. The maximum absolute atomic E-state index is 11.8. The summed E-state index contributed by atoms with van der Waals surface area (Å²) in [6.07, 6.45) is 2.00. The molecular formula is C14H16N2O3. The van der Waals surface area contributed by atoms with E-state index in [1.165, 1.54) is 11.7 Å². The maximum Gasteiger partial charge on any atom is 0.329 e. The Hall–Kier alpha value is -2.30. The molecule has 0 fully saturated rings. The zero-order chi connectivity index (χ0) is 14.0. The van der Waals surface area contributed by atoms with Gasteiger partial charge in [-0.1, -0.05) is 12.1 Å². The lowest BCUT2D eigenvalue weighted by Gasteiger charge is -2.11. The predicted molar refractivity (Wildman–Crippen MR) is 71.6 cm³/mol. The van der Waals surface area contributed by atoms with Crippen LogP contribution in [-0.4, -0.2) is 35.6 Å². The molecule has 1 amide bonds. The highest BCUT2D eigenvalue weighted by molar-refractivity contribution is 5.89. The van der Waals surface area contributed by atoms with E-state index >= 15 is 0 Å². The van der Waals surface area contributed by atoms with Crippen LogP contribution >= 0.6 is 0 Å². The number of hydrogen-bond acceptors (Lipinski definition) is 3. The molecule has 0 aliphatic carbocycles. The first-order valence-corrected chi connectivity index (χ1v) is 5.97. The van der Waals surface area contributed by atoms with Gasteiger partial charge in [0.1, 0.15) is 0 Å². The average Bonchev–Trinajstić information content (AvgIpc) is 2.73. The highest BCUT2D eigenvalue weighted by atomic mass is 16.7. The lowest BCUT2D eigenvalue weighted by atomic mass is 10.1. The summed E-state index contributed by atoms with van der Waals surface area (Å²) in [5.74, 6) is -0.347. The number of rotatable bonds is 3. The van der Waals surface area contributed by atoms with Crippen LogP contribution in [0.5, 0.6) is 0 Å². The van der Waals surface area contributed by atoms with E-state index in [1.807, 2.05) is 24.3 Å². The van der Waals surface area contributed by atoms with Gasteiger partial charge in [0.15, 0.2) is 0 Å². The number of carbonyl (C=O) groups is 2. The number of amides is 1. The molecule has 0 saturated heterocycles. The molecular weight excluding hydrogens is 244 g/mol. The summed E-state index contributed by atoms with van der Waals surface area (Å²) in [6, 6.07) is 7.45. The van der Waals surface area contributed by atoms with Crippen LogP contribution in [0.15, 0.2) is 30.5 Å². The molecule has 0 atom stereocenters. The number of nitrogens with zero attached hydrogens (tertiary/aromatic N) is 2. The minimum atomic E-state index is -0.382. The van der Waals surface area contributed by atoms with Gasteiger partial charge in [0, 0.05) is 32.6 Å². The third kappa shape index (κ3) is 2.76. The van der Waals surface area contributed by atoms with Crippen LogP contribution < -0.4 is 4.84 Å². The first-order chi connectivity index (χ1) is 8.99. The summed E-state index contributed by atoms with van der Waals surface area (Å²) in [6.45, 7) is 1.35. The summed E-state index contributed by atoms with van der Waals surface area (Å²) in [4.78, 5) is 29.4. The van der Waals surface area contributed by atoms with E-state index in [-0.39, 0.29) is 11.9 Å². The van der Waals surface area contributed by atoms with E-state index in [1.54, 1.807) is 25.2 Å². The molecule has 0 aliphatic heterocycles. The Morgan fingerprint density at radius 1 is 1.26 bits per heavy atom. The number of hydrogen-bond donors (Lipinski definition) is 0. The van der Waals surface area contributed by atoms with Crippen LogP contribution in [0.3, 0.4) is 0 Å². The number of carbonyl (C=O) groups excluding carboxylic acids is 2. The highest BCUT2D eigenvalue weighted by Gasteiger charge is 2.11. The standard InChI is InChI=1S/C14H16N2O3/c1-10(17)19-16-8-7-12-11(5-4-6-13(12)16)9-14(18)15(2)3/h4-8H,9H2,1-3H3. The highest BCUT2D eigenvalue weighted by Crippen LogP contribution is 2.20. The molecule has 2 aromatic rings. The van der Waals surface area contributed by atoms with Gasteiger partial charge in [0.25, 0.3) is 0 Å².